The summed E-state index contributed by atoms with van der Waals surface area (Å²) in [6.07, 6.45) is 0.198. The summed E-state index contributed by atoms with van der Waals surface area (Å²) in [5.74, 6) is -1.89. The van der Waals surface area contributed by atoms with Gasteiger partial charge in [-0.25, -0.2) is 14.4 Å². The van der Waals surface area contributed by atoms with Crippen LogP contribution in [0.1, 0.15) is 30.4 Å². The Morgan fingerprint density at radius 1 is 1.17 bits per heavy atom. The zero-order valence-electron chi connectivity index (χ0n) is 15.9. The number of carbonyl (C=O) groups is 1. The van der Waals surface area contributed by atoms with Crippen LogP contribution in [0.3, 0.4) is 0 Å². The molecule has 0 saturated carbocycles. The van der Waals surface area contributed by atoms with Crippen LogP contribution in [-0.2, 0) is 14.2 Å². The standard InChI is InChI=1S/C20H16Cl2FN3O4/c1-20(2)29-15-14(13(27)9-3-4-12(23)11(21)7-9)28-19(16(15)30-20)26-6-5-10-17(22)24-8-25-18(10)26/h3-8,14-16,19H,1-2H3/t14-,15-,16-,19-/m1/s1. The molecule has 0 spiro atoms. The van der Waals surface area contributed by atoms with Crippen LogP contribution in [0.25, 0.3) is 11.0 Å². The van der Waals surface area contributed by atoms with Crippen molar-refractivity contribution < 1.29 is 23.4 Å². The summed E-state index contributed by atoms with van der Waals surface area (Å²) in [5, 5.41) is 0.821. The topological polar surface area (TPSA) is 75.5 Å². The van der Waals surface area contributed by atoms with Gasteiger partial charge in [-0.3, -0.25) is 4.79 Å². The number of Topliss-reactive ketones (excluding diaryl/α,β-unsaturated/α-hetero) is 1. The summed E-state index contributed by atoms with van der Waals surface area (Å²) in [4.78, 5) is 21.5. The average molecular weight is 452 g/mol. The largest absolute Gasteiger partial charge is 0.341 e. The second-order valence-electron chi connectivity index (χ2n) is 7.63. The lowest BCUT2D eigenvalue weighted by molar-refractivity contribution is -0.190. The predicted molar refractivity (Wildman–Crippen MR) is 106 cm³/mol. The van der Waals surface area contributed by atoms with E-state index in [1.165, 1.54) is 18.5 Å². The molecule has 0 N–H and O–H groups in total. The molecule has 2 fully saturated rings. The molecule has 10 heteroatoms. The fourth-order valence-corrected chi connectivity index (χ4v) is 4.34. The highest BCUT2D eigenvalue weighted by molar-refractivity contribution is 6.33. The van der Waals surface area contributed by atoms with Gasteiger partial charge in [-0.1, -0.05) is 23.2 Å². The van der Waals surface area contributed by atoms with E-state index in [0.717, 1.165) is 6.07 Å². The molecule has 2 aromatic heterocycles. The quantitative estimate of drug-likeness (QED) is 0.439. The molecule has 2 aliphatic rings. The molecule has 0 unspecified atom stereocenters. The monoisotopic (exact) mass is 451 g/mol. The van der Waals surface area contributed by atoms with E-state index < -0.39 is 36.1 Å². The normalized spacial score (nSPS) is 27.5. The molecule has 2 saturated heterocycles. The van der Waals surface area contributed by atoms with Crippen molar-refractivity contribution in [3.8, 4) is 0 Å². The van der Waals surface area contributed by atoms with Crippen molar-refractivity contribution in [3.63, 3.8) is 0 Å². The minimum absolute atomic E-state index is 0.140. The number of nitrogens with zero attached hydrogens (tertiary/aromatic N) is 3. The SMILES string of the molecule is CC1(C)O[C@@H]2[C@H](O1)[C@@H](C(=O)c1ccc(F)c(Cl)c1)O[C@H]2n1ccc2c(Cl)ncnc21. The fourth-order valence-electron chi connectivity index (χ4n) is 3.97. The molecule has 4 heterocycles. The van der Waals surface area contributed by atoms with E-state index in [4.69, 9.17) is 37.4 Å². The van der Waals surface area contributed by atoms with E-state index in [0.29, 0.717) is 16.2 Å². The van der Waals surface area contributed by atoms with E-state index in [-0.39, 0.29) is 16.4 Å². The molecule has 0 bridgehead atoms. The lowest BCUT2D eigenvalue weighted by Crippen LogP contribution is -2.35. The maximum absolute atomic E-state index is 13.5. The lowest BCUT2D eigenvalue weighted by atomic mass is 10.0. The third-order valence-electron chi connectivity index (χ3n) is 5.23. The summed E-state index contributed by atoms with van der Waals surface area (Å²) in [5.41, 5.74) is 0.770. The van der Waals surface area contributed by atoms with Crippen molar-refractivity contribution in [3.05, 3.63) is 58.3 Å². The Morgan fingerprint density at radius 2 is 1.93 bits per heavy atom. The molecule has 0 aliphatic carbocycles. The first kappa shape index (κ1) is 19.8. The lowest BCUT2D eigenvalue weighted by Gasteiger charge is -2.24. The number of halogens is 3. The Balaban J connectivity index is 1.54. The molecule has 2 aliphatic heterocycles. The Hall–Kier alpha value is -2.10. The van der Waals surface area contributed by atoms with Gasteiger partial charge in [0.15, 0.2) is 23.9 Å². The van der Waals surface area contributed by atoms with Crippen molar-refractivity contribution >= 4 is 40.0 Å². The highest BCUT2D eigenvalue weighted by Crippen LogP contribution is 2.45. The van der Waals surface area contributed by atoms with Crippen molar-refractivity contribution in [2.24, 2.45) is 0 Å². The summed E-state index contributed by atoms with van der Waals surface area (Å²) >= 11 is 12.0. The first-order valence-electron chi connectivity index (χ1n) is 9.22. The van der Waals surface area contributed by atoms with E-state index in [9.17, 15) is 9.18 Å². The summed E-state index contributed by atoms with van der Waals surface area (Å²) in [6, 6.07) is 5.57. The van der Waals surface area contributed by atoms with Crippen LogP contribution in [-0.4, -0.2) is 44.4 Å². The van der Waals surface area contributed by atoms with Gasteiger partial charge in [0.1, 0.15) is 35.2 Å². The summed E-state index contributed by atoms with van der Waals surface area (Å²) < 4.78 is 33.5. The van der Waals surface area contributed by atoms with Gasteiger partial charge in [0.2, 0.25) is 0 Å². The van der Waals surface area contributed by atoms with Gasteiger partial charge < -0.3 is 18.8 Å². The number of ether oxygens (including phenoxy) is 3. The zero-order chi connectivity index (χ0) is 21.2. The van der Waals surface area contributed by atoms with Crippen LogP contribution in [0.5, 0.6) is 0 Å². The highest BCUT2D eigenvalue weighted by atomic mass is 35.5. The molecule has 3 aromatic rings. The van der Waals surface area contributed by atoms with Crippen LogP contribution >= 0.6 is 23.2 Å². The minimum Gasteiger partial charge on any atom is -0.341 e. The molecule has 0 amide bonds. The van der Waals surface area contributed by atoms with E-state index >= 15 is 0 Å². The van der Waals surface area contributed by atoms with E-state index in [2.05, 4.69) is 9.97 Å². The maximum atomic E-state index is 13.5. The number of aromatic nitrogens is 3. The minimum atomic E-state index is -0.974. The van der Waals surface area contributed by atoms with E-state index in [1.807, 2.05) is 0 Å². The van der Waals surface area contributed by atoms with E-state index in [1.54, 1.807) is 30.7 Å². The van der Waals surface area contributed by atoms with Crippen LogP contribution < -0.4 is 0 Å². The van der Waals surface area contributed by atoms with Crippen molar-refractivity contribution in [1.29, 1.82) is 0 Å². The molecule has 7 nitrogen and oxygen atoms in total. The first-order chi connectivity index (χ1) is 14.2. The van der Waals surface area contributed by atoms with Gasteiger partial charge in [0.25, 0.3) is 0 Å². The summed E-state index contributed by atoms with van der Waals surface area (Å²) in [7, 11) is 0. The Bertz CT molecular complexity index is 1170. The van der Waals surface area contributed by atoms with Crippen LogP contribution in [0, 0.1) is 5.82 Å². The number of rotatable bonds is 3. The van der Waals surface area contributed by atoms with Crippen molar-refractivity contribution in [2.75, 3.05) is 0 Å². The predicted octanol–water partition coefficient (Wildman–Crippen LogP) is 4.18. The Labute approximate surface area is 180 Å². The van der Waals surface area contributed by atoms with Gasteiger partial charge in [-0.15, -0.1) is 0 Å². The number of benzene rings is 1. The molecule has 5 rings (SSSR count). The Morgan fingerprint density at radius 3 is 2.70 bits per heavy atom. The smallest absolute Gasteiger partial charge is 0.194 e. The molecule has 156 valence electrons. The van der Waals surface area contributed by atoms with Crippen LogP contribution in [0.2, 0.25) is 10.2 Å². The number of hydrogen-bond donors (Lipinski definition) is 0. The molecule has 1 aromatic carbocycles. The molecule has 4 atom stereocenters. The third-order valence-corrected chi connectivity index (χ3v) is 5.82. The average Bonchev–Trinajstić information content (AvgIpc) is 3.34. The maximum Gasteiger partial charge on any atom is 0.194 e. The second-order valence-corrected chi connectivity index (χ2v) is 8.40. The second kappa shape index (κ2) is 6.96. The molecular formula is C20H16Cl2FN3O4. The molecular weight excluding hydrogens is 436 g/mol. The van der Waals surface area contributed by atoms with Crippen molar-refractivity contribution in [1.82, 2.24) is 14.5 Å². The van der Waals surface area contributed by atoms with Crippen molar-refractivity contribution in [2.45, 2.75) is 44.2 Å². The van der Waals surface area contributed by atoms with Gasteiger partial charge in [0, 0.05) is 11.8 Å². The van der Waals surface area contributed by atoms with Crippen LogP contribution in [0.4, 0.5) is 4.39 Å². The first-order valence-corrected chi connectivity index (χ1v) is 9.98. The van der Waals surface area contributed by atoms with Gasteiger partial charge in [-0.2, -0.15) is 0 Å². The Kier molecular flexibility index (Phi) is 4.61. The molecule has 30 heavy (non-hydrogen) atoms. The number of ketones is 1. The van der Waals surface area contributed by atoms with Gasteiger partial charge >= 0.3 is 0 Å². The highest BCUT2D eigenvalue weighted by Gasteiger charge is 2.58. The molecule has 0 radical (unpaired) electrons. The summed E-state index contributed by atoms with van der Waals surface area (Å²) in [6.45, 7) is 3.54. The third kappa shape index (κ3) is 3.11. The number of carbonyl (C=O) groups excluding carboxylic acids is 1. The van der Waals surface area contributed by atoms with Gasteiger partial charge in [0.05, 0.1) is 10.4 Å². The fraction of sp³-hybridized carbons (Fsp3) is 0.350. The number of fused-ring (bicyclic) bond motifs is 2. The zero-order valence-corrected chi connectivity index (χ0v) is 17.4. The number of hydrogen-bond acceptors (Lipinski definition) is 6. The van der Waals surface area contributed by atoms with Gasteiger partial charge in [-0.05, 0) is 38.1 Å². The van der Waals surface area contributed by atoms with Crippen LogP contribution in [0.15, 0.2) is 36.8 Å².